The maximum Gasteiger partial charge on any atom is 0.205 e. The largest absolute Gasteiger partial charge is 0.321 e. The SMILES string of the molecule is CSCCC(N)C(=O)SC. The van der Waals surface area contributed by atoms with Crippen molar-refractivity contribution < 1.29 is 4.79 Å². The monoisotopic (exact) mass is 179 g/mol. The fraction of sp³-hybridized carbons (Fsp3) is 0.833. The summed E-state index contributed by atoms with van der Waals surface area (Å²) in [5, 5.41) is 0.0917. The number of hydrogen-bond acceptors (Lipinski definition) is 4. The number of nitrogens with two attached hydrogens (primary N) is 1. The minimum absolute atomic E-state index is 0.0917. The van der Waals surface area contributed by atoms with Crippen LogP contribution < -0.4 is 5.73 Å². The van der Waals surface area contributed by atoms with E-state index < -0.39 is 0 Å². The average Bonchev–Trinajstić information content (AvgIpc) is 1.98. The van der Waals surface area contributed by atoms with Gasteiger partial charge in [-0.05, 0) is 24.7 Å². The summed E-state index contributed by atoms with van der Waals surface area (Å²) in [4.78, 5) is 10.8. The van der Waals surface area contributed by atoms with Crippen LogP contribution in [0.2, 0.25) is 0 Å². The molecule has 0 spiro atoms. The van der Waals surface area contributed by atoms with E-state index in [1.807, 2.05) is 6.26 Å². The van der Waals surface area contributed by atoms with E-state index in [0.717, 1.165) is 12.2 Å². The van der Waals surface area contributed by atoms with Gasteiger partial charge in [-0.2, -0.15) is 11.8 Å². The smallest absolute Gasteiger partial charge is 0.205 e. The summed E-state index contributed by atoms with van der Waals surface area (Å²) in [5.74, 6) is 0.966. The maximum absolute atomic E-state index is 10.8. The predicted molar refractivity (Wildman–Crippen MR) is 49.5 cm³/mol. The first-order valence-corrected chi connectivity index (χ1v) is 5.66. The van der Waals surface area contributed by atoms with Crippen molar-refractivity contribution in [1.29, 1.82) is 0 Å². The highest BCUT2D eigenvalue weighted by molar-refractivity contribution is 8.13. The molecule has 0 aliphatic rings. The molecule has 0 amide bonds. The van der Waals surface area contributed by atoms with Crippen LogP contribution in [0.4, 0.5) is 0 Å². The molecule has 1 unspecified atom stereocenters. The number of hydrogen-bond donors (Lipinski definition) is 1. The fourth-order valence-corrected chi connectivity index (χ4v) is 1.42. The van der Waals surface area contributed by atoms with Crippen LogP contribution in [0.1, 0.15) is 6.42 Å². The summed E-state index contributed by atoms with van der Waals surface area (Å²) in [6.07, 6.45) is 4.57. The lowest BCUT2D eigenvalue weighted by atomic mass is 10.3. The molecule has 0 bridgehead atoms. The van der Waals surface area contributed by atoms with Crippen molar-refractivity contribution >= 4 is 28.6 Å². The molecule has 0 rings (SSSR count). The Kier molecular flexibility index (Phi) is 6.27. The molecule has 0 radical (unpaired) electrons. The van der Waals surface area contributed by atoms with Crippen LogP contribution in [0.3, 0.4) is 0 Å². The molecule has 2 N–H and O–H groups in total. The molecule has 1 atom stereocenters. The minimum Gasteiger partial charge on any atom is -0.321 e. The van der Waals surface area contributed by atoms with Crippen LogP contribution in [0.15, 0.2) is 0 Å². The normalized spacial score (nSPS) is 13.1. The molecule has 0 aliphatic heterocycles. The highest BCUT2D eigenvalue weighted by atomic mass is 32.2. The molecule has 0 saturated heterocycles. The Morgan fingerprint density at radius 3 is 2.60 bits per heavy atom. The number of rotatable bonds is 4. The van der Waals surface area contributed by atoms with E-state index in [2.05, 4.69) is 0 Å². The first-order valence-electron chi connectivity index (χ1n) is 3.04. The molecule has 4 heteroatoms. The van der Waals surface area contributed by atoms with Gasteiger partial charge in [0.2, 0.25) is 5.12 Å². The Morgan fingerprint density at radius 2 is 2.20 bits per heavy atom. The summed E-state index contributed by atoms with van der Waals surface area (Å²) >= 11 is 2.93. The first-order chi connectivity index (χ1) is 4.72. The van der Waals surface area contributed by atoms with Gasteiger partial charge in [-0.15, -0.1) is 0 Å². The summed E-state index contributed by atoms with van der Waals surface area (Å²) in [6.45, 7) is 0. The van der Waals surface area contributed by atoms with E-state index in [4.69, 9.17) is 5.73 Å². The van der Waals surface area contributed by atoms with Crippen LogP contribution in [0, 0.1) is 0 Å². The second-order valence-electron chi connectivity index (χ2n) is 1.91. The summed E-state index contributed by atoms with van der Waals surface area (Å²) in [5.41, 5.74) is 5.53. The standard InChI is InChI=1S/C6H13NOS2/c1-9-4-3-5(7)6(8)10-2/h5H,3-4,7H2,1-2H3. The van der Waals surface area contributed by atoms with Crippen LogP contribution in [-0.2, 0) is 4.79 Å². The Labute approximate surface area is 70.3 Å². The van der Waals surface area contributed by atoms with E-state index in [0.29, 0.717) is 0 Å². The lowest BCUT2D eigenvalue weighted by Gasteiger charge is -2.05. The van der Waals surface area contributed by atoms with Crippen molar-refractivity contribution in [3.8, 4) is 0 Å². The van der Waals surface area contributed by atoms with Crippen molar-refractivity contribution in [1.82, 2.24) is 0 Å². The predicted octanol–water partition coefficient (Wildman–Crippen LogP) is 0.956. The topological polar surface area (TPSA) is 43.1 Å². The highest BCUT2D eigenvalue weighted by Gasteiger charge is 2.10. The molecular formula is C6H13NOS2. The zero-order chi connectivity index (χ0) is 7.98. The first kappa shape index (κ1) is 10.3. The third-order valence-electron chi connectivity index (χ3n) is 1.14. The Bertz CT molecular complexity index is 108. The van der Waals surface area contributed by atoms with Crippen molar-refractivity contribution in [2.75, 3.05) is 18.3 Å². The molecular weight excluding hydrogens is 166 g/mol. The fourth-order valence-electron chi connectivity index (χ4n) is 0.514. The zero-order valence-corrected chi connectivity index (χ0v) is 7.93. The lowest BCUT2D eigenvalue weighted by molar-refractivity contribution is -0.112. The second-order valence-corrected chi connectivity index (χ2v) is 3.71. The Balaban J connectivity index is 3.41. The summed E-state index contributed by atoms with van der Waals surface area (Å²) in [6, 6.07) is -0.262. The molecule has 0 aromatic rings. The number of carbonyl (C=O) groups is 1. The molecule has 0 aliphatic carbocycles. The van der Waals surface area contributed by atoms with Gasteiger partial charge in [-0.1, -0.05) is 11.8 Å². The van der Waals surface area contributed by atoms with Crippen LogP contribution in [-0.4, -0.2) is 29.4 Å². The third-order valence-corrected chi connectivity index (χ3v) is 2.49. The van der Waals surface area contributed by atoms with Crippen molar-refractivity contribution in [2.24, 2.45) is 5.73 Å². The number of carbonyl (C=O) groups excluding carboxylic acids is 1. The van der Waals surface area contributed by atoms with Gasteiger partial charge in [-0.25, -0.2) is 0 Å². The molecule has 0 aromatic heterocycles. The molecule has 0 heterocycles. The van der Waals surface area contributed by atoms with Gasteiger partial charge < -0.3 is 5.73 Å². The van der Waals surface area contributed by atoms with Gasteiger partial charge in [-0.3, -0.25) is 4.79 Å². The Hall–Kier alpha value is 0.330. The van der Waals surface area contributed by atoms with E-state index >= 15 is 0 Å². The number of thioether (sulfide) groups is 2. The van der Waals surface area contributed by atoms with Crippen molar-refractivity contribution in [3.63, 3.8) is 0 Å². The lowest BCUT2D eigenvalue weighted by Crippen LogP contribution is -2.28. The van der Waals surface area contributed by atoms with Gasteiger partial charge in [0.15, 0.2) is 0 Å². The molecule has 2 nitrogen and oxygen atoms in total. The highest BCUT2D eigenvalue weighted by Crippen LogP contribution is 2.05. The summed E-state index contributed by atoms with van der Waals surface area (Å²) in [7, 11) is 0. The van der Waals surface area contributed by atoms with Crippen LogP contribution in [0.25, 0.3) is 0 Å². The van der Waals surface area contributed by atoms with Gasteiger partial charge >= 0.3 is 0 Å². The average molecular weight is 179 g/mol. The van der Waals surface area contributed by atoms with E-state index in [1.54, 1.807) is 18.0 Å². The van der Waals surface area contributed by atoms with Crippen LogP contribution in [0.5, 0.6) is 0 Å². The molecule has 60 valence electrons. The third kappa shape index (κ3) is 4.19. The summed E-state index contributed by atoms with van der Waals surface area (Å²) < 4.78 is 0. The van der Waals surface area contributed by atoms with Gasteiger partial charge in [0.05, 0.1) is 6.04 Å². The second kappa shape index (κ2) is 6.07. The molecule has 10 heavy (non-hydrogen) atoms. The zero-order valence-electron chi connectivity index (χ0n) is 6.29. The molecule has 0 saturated carbocycles. The van der Waals surface area contributed by atoms with Crippen LogP contribution >= 0.6 is 23.5 Å². The molecule has 0 aromatic carbocycles. The minimum atomic E-state index is -0.262. The maximum atomic E-state index is 10.8. The van der Waals surface area contributed by atoms with Gasteiger partial charge in [0.25, 0.3) is 0 Å². The van der Waals surface area contributed by atoms with E-state index in [9.17, 15) is 4.79 Å². The van der Waals surface area contributed by atoms with Gasteiger partial charge in [0, 0.05) is 0 Å². The quantitative estimate of drug-likeness (QED) is 0.698. The van der Waals surface area contributed by atoms with E-state index in [-0.39, 0.29) is 11.2 Å². The van der Waals surface area contributed by atoms with Crippen molar-refractivity contribution in [3.05, 3.63) is 0 Å². The van der Waals surface area contributed by atoms with Gasteiger partial charge in [0.1, 0.15) is 0 Å². The van der Waals surface area contributed by atoms with Crippen molar-refractivity contribution in [2.45, 2.75) is 12.5 Å². The van der Waals surface area contributed by atoms with E-state index in [1.165, 1.54) is 11.8 Å². The Morgan fingerprint density at radius 1 is 1.60 bits per heavy atom. The molecule has 0 fully saturated rings.